The first kappa shape index (κ1) is 15.5. The van der Waals surface area contributed by atoms with E-state index in [1.54, 1.807) is 4.90 Å². The first-order valence-corrected chi connectivity index (χ1v) is 8.85. The number of fused-ring (bicyclic) bond motifs is 1. The van der Waals surface area contributed by atoms with Gasteiger partial charge in [-0.15, -0.1) is 0 Å². The summed E-state index contributed by atoms with van der Waals surface area (Å²) < 4.78 is 0. The van der Waals surface area contributed by atoms with E-state index < -0.39 is 0 Å². The molecule has 1 amide bonds. The van der Waals surface area contributed by atoms with Crippen LogP contribution in [0.3, 0.4) is 0 Å². The second-order valence-electron chi connectivity index (χ2n) is 7.49. The van der Waals surface area contributed by atoms with Crippen LogP contribution in [-0.4, -0.2) is 25.5 Å². The highest BCUT2D eigenvalue weighted by atomic mass is 16.1. The van der Waals surface area contributed by atoms with Crippen LogP contribution < -0.4 is 10.2 Å². The number of amides is 1. The zero-order valence-corrected chi connectivity index (χ0v) is 14.0. The van der Waals surface area contributed by atoms with Crippen LogP contribution in [0.25, 0.3) is 0 Å². The Bertz CT molecular complexity index is 530. The van der Waals surface area contributed by atoms with Crippen LogP contribution in [0.1, 0.15) is 44.2 Å². The topological polar surface area (TPSA) is 33.5 Å². The largest absolute Gasteiger partial charge is 0.334 e. The van der Waals surface area contributed by atoms with E-state index in [1.165, 1.54) is 43.5 Å². The Balaban J connectivity index is 1.48. The molecular weight excluding hydrogens is 272 g/mol. The average molecular weight is 301 g/mol. The summed E-state index contributed by atoms with van der Waals surface area (Å²) in [6.45, 7) is 8.07. The van der Waals surface area contributed by atoms with Crippen molar-refractivity contribution in [1.82, 2.24) is 0 Å². The third-order valence-corrected chi connectivity index (χ3v) is 5.17. The number of aryl methyl sites for hydroxylation is 2. The summed E-state index contributed by atoms with van der Waals surface area (Å²) in [7, 11) is 0. The van der Waals surface area contributed by atoms with Gasteiger partial charge in [0.05, 0.1) is 26.1 Å². The highest BCUT2D eigenvalue weighted by Crippen LogP contribution is 2.24. The smallest absolute Gasteiger partial charge is 0.230 e. The van der Waals surface area contributed by atoms with Gasteiger partial charge in [-0.3, -0.25) is 4.79 Å². The minimum absolute atomic E-state index is 0.163. The molecule has 0 aromatic heterocycles. The first-order chi connectivity index (χ1) is 10.6. The fraction of sp³-hybridized carbons (Fsp3) is 0.632. The molecular formula is C19H29N2O+. The molecule has 2 aliphatic rings. The maximum absolute atomic E-state index is 12.2. The number of carbonyl (C=O) groups excluding carboxylic acids is 1. The van der Waals surface area contributed by atoms with E-state index in [1.807, 2.05) is 0 Å². The van der Waals surface area contributed by atoms with Crippen LogP contribution in [0.5, 0.6) is 0 Å². The monoisotopic (exact) mass is 301 g/mol. The lowest BCUT2D eigenvalue weighted by Gasteiger charge is -2.31. The van der Waals surface area contributed by atoms with Crippen molar-refractivity contribution >= 4 is 11.6 Å². The molecule has 2 N–H and O–H groups in total. The summed E-state index contributed by atoms with van der Waals surface area (Å²) in [4.78, 5) is 13.8. The lowest BCUT2D eigenvalue weighted by Crippen LogP contribution is -3.14. The Labute approximate surface area is 134 Å². The van der Waals surface area contributed by atoms with Gasteiger partial charge in [-0.05, 0) is 48.9 Å². The van der Waals surface area contributed by atoms with Crippen molar-refractivity contribution in [1.29, 1.82) is 0 Å². The van der Waals surface area contributed by atoms with E-state index in [-0.39, 0.29) is 5.91 Å². The van der Waals surface area contributed by atoms with E-state index in [0.717, 1.165) is 30.5 Å². The Hall–Kier alpha value is -1.35. The maximum Gasteiger partial charge on any atom is 0.230 e. The molecule has 3 atom stereocenters. The van der Waals surface area contributed by atoms with E-state index in [9.17, 15) is 4.79 Å². The van der Waals surface area contributed by atoms with Crippen molar-refractivity contribution in [3.8, 4) is 0 Å². The third kappa shape index (κ3) is 3.89. The highest BCUT2D eigenvalue weighted by Gasteiger charge is 2.25. The van der Waals surface area contributed by atoms with Crippen LogP contribution in [0, 0.1) is 11.8 Å². The molecule has 1 heterocycles. The molecule has 1 aromatic rings. The molecule has 1 aromatic carbocycles. The number of hydrogen-bond donors (Lipinski definition) is 2. The summed E-state index contributed by atoms with van der Waals surface area (Å²) in [5, 5.41) is 3.08. The van der Waals surface area contributed by atoms with Gasteiger partial charge in [-0.2, -0.15) is 0 Å². The van der Waals surface area contributed by atoms with Crippen molar-refractivity contribution in [2.24, 2.45) is 11.8 Å². The lowest BCUT2D eigenvalue weighted by atomic mass is 9.92. The lowest BCUT2D eigenvalue weighted by molar-refractivity contribution is -0.911. The predicted molar refractivity (Wildman–Crippen MR) is 90.2 cm³/mol. The molecule has 120 valence electrons. The molecule has 0 radical (unpaired) electrons. The number of quaternary nitrogens is 1. The SMILES string of the molecule is C[C@@H]1C[C@H](C)C[NH+](CCC(=O)Nc2ccc3c(c2)CCC3)C1. The van der Waals surface area contributed by atoms with Gasteiger partial charge in [0.1, 0.15) is 0 Å². The second-order valence-corrected chi connectivity index (χ2v) is 7.49. The molecule has 22 heavy (non-hydrogen) atoms. The zero-order valence-electron chi connectivity index (χ0n) is 14.0. The quantitative estimate of drug-likeness (QED) is 0.877. The average Bonchev–Trinajstić information content (AvgIpc) is 2.92. The number of anilines is 1. The van der Waals surface area contributed by atoms with E-state index >= 15 is 0 Å². The van der Waals surface area contributed by atoms with Crippen molar-refractivity contribution in [3.05, 3.63) is 29.3 Å². The summed E-state index contributed by atoms with van der Waals surface area (Å²) in [6, 6.07) is 6.40. The summed E-state index contributed by atoms with van der Waals surface area (Å²) >= 11 is 0. The fourth-order valence-corrected chi connectivity index (χ4v) is 4.29. The number of carbonyl (C=O) groups is 1. The maximum atomic E-state index is 12.2. The van der Waals surface area contributed by atoms with Gasteiger partial charge in [0, 0.05) is 17.5 Å². The number of nitrogens with one attached hydrogen (secondary N) is 2. The zero-order chi connectivity index (χ0) is 15.5. The fourth-order valence-electron chi connectivity index (χ4n) is 4.29. The number of hydrogen-bond acceptors (Lipinski definition) is 1. The molecule has 1 unspecified atom stereocenters. The molecule has 3 heteroatoms. The first-order valence-electron chi connectivity index (χ1n) is 8.85. The van der Waals surface area contributed by atoms with Crippen LogP contribution in [0.4, 0.5) is 5.69 Å². The van der Waals surface area contributed by atoms with Gasteiger partial charge in [-0.25, -0.2) is 0 Å². The molecule has 1 aliphatic carbocycles. The molecule has 3 rings (SSSR count). The van der Waals surface area contributed by atoms with E-state index in [4.69, 9.17) is 0 Å². The molecule has 1 saturated heterocycles. The Morgan fingerprint density at radius 3 is 2.68 bits per heavy atom. The Morgan fingerprint density at radius 1 is 1.18 bits per heavy atom. The Kier molecular flexibility index (Phi) is 4.82. The number of likely N-dealkylation sites (tertiary alicyclic amines) is 1. The van der Waals surface area contributed by atoms with Gasteiger partial charge in [0.15, 0.2) is 0 Å². The highest BCUT2D eigenvalue weighted by molar-refractivity contribution is 5.90. The minimum atomic E-state index is 0.163. The third-order valence-electron chi connectivity index (χ3n) is 5.17. The molecule has 0 spiro atoms. The van der Waals surface area contributed by atoms with Gasteiger partial charge in [0.25, 0.3) is 0 Å². The van der Waals surface area contributed by atoms with Crippen LogP contribution in [0.15, 0.2) is 18.2 Å². The van der Waals surface area contributed by atoms with Crippen molar-refractivity contribution in [2.45, 2.75) is 46.0 Å². The van der Waals surface area contributed by atoms with Gasteiger partial charge in [-0.1, -0.05) is 19.9 Å². The predicted octanol–water partition coefficient (Wildman–Crippen LogP) is 2.06. The number of rotatable bonds is 4. The van der Waals surface area contributed by atoms with Crippen LogP contribution >= 0.6 is 0 Å². The van der Waals surface area contributed by atoms with Gasteiger partial charge in [0.2, 0.25) is 5.91 Å². The normalized spacial score (nSPS) is 27.5. The van der Waals surface area contributed by atoms with Gasteiger partial charge >= 0.3 is 0 Å². The van der Waals surface area contributed by atoms with Crippen LogP contribution in [-0.2, 0) is 17.6 Å². The molecule has 3 nitrogen and oxygen atoms in total. The van der Waals surface area contributed by atoms with E-state index in [2.05, 4.69) is 37.4 Å². The second kappa shape index (κ2) is 6.82. The minimum Gasteiger partial charge on any atom is -0.334 e. The van der Waals surface area contributed by atoms with Crippen molar-refractivity contribution < 1.29 is 9.69 Å². The Morgan fingerprint density at radius 2 is 1.91 bits per heavy atom. The summed E-state index contributed by atoms with van der Waals surface area (Å²) in [5.41, 5.74) is 3.85. The number of piperidine rings is 1. The van der Waals surface area contributed by atoms with Crippen molar-refractivity contribution in [3.63, 3.8) is 0 Å². The van der Waals surface area contributed by atoms with E-state index in [0.29, 0.717) is 6.42 Å². The number of benzene rings is 1. The van der Waals surface area contributed by atoms with Crippen molar-refractivity contribution in [2.75, 3.05) is 25.0 Å². The summed E-state index contributed by atoms with van der Waals surface area (Å²) in [6.07, 6.45) is 5.57. The standard InChI is InChI=1S/C19H28N2O/c1-14-10-15(2)13-21(12-14)9-8-19(22)20-18-7-6-16-4-3-5-17(16)11-18/h6-7,11,14-15H,3-5,8-10,12-13H2,1-2H3,(H,20,22)/p+1/t14-,15+. The molecule has 1 fully saturated rings. The summed E-state index contributed by atoms with van der Waals surface area (Å²) in [5.74, 6) is 1.74. The molecule has 0 bridgehead atoms. The molecule has 0 saturated carbocycles. The molecule has 1 aliphatic heterocycles. The van der Waals surface area contributed by atoms with Gasteiger partial charge < -0.3 is 10.2 Å². The van der Waals surface area contributed by atoms with Crippen LogP contribution in [0.2, 0.25) is 0 Å².